The first kappa shape index (κ1) is 53.5. The SMILES string of the molecule is CN1CCC(NC(=O)COc2ccc(CCC[N+]3(CCCc4ccc(OCC(=O)NC5CCN(C)CC5)cc4)CCC[C@H](NC(=O)c4nc(Cl)c(N)nc4N)C3)cc2)CC1.Cl.Cl.[Cl-]. The van der Waals surface area contributed by atoms with Crippen LogP contribution >= 0.6 is 36.4 Å². The Morgan fingerprint density at radius 2 is 1.16 bits per heavy atom. The van der Waals surface area contributed by atoms with E-state index in [4.69, 9.17) is 32.5 Å². The fourth-order valence-electron chi connectivity index (χ4n) is 8.71. The monoisotopic (exact) mass is 954 g/mol. The largest absolute Gasteiger partial charge is 1.00 e. The summed E-state index contributed by atoms with van der Waals surface area (Å²) >= 11 is 6.09. The number of benzene rings is 2. The minimum absolute atomic E-state index is 0. The van der Waals surface area contributed by atoms with Gasteiger partial charge in [0.15, 0.2) is 35.7 Å². The van der Waals surface area contributed by atoms with Crippen LogP contribution in [0.3, 0.4) is 0 Å². The summed E-state index contributed by atoms with van der Waals surface area (Å²) in [7, 11) is 4.21. The fraction of sp³-hybridized carbons (Fsp3) is 0.568. The number of nitrogens with zero attached hydrogens (tertiary/aromatic N) is 5. The predicted octanol–water partition coefficient (Wildman–Crippen LogP) is 1.30. The predicted molar refractivity (Wildman–Crippen MR) is 248 cm³/mol. The molecule has 3 aromatic rings. The maximum Gasteiger partial charge on any atom is 0.274 e. The van der Waals surface area contributed by atoms with E-state index in [0.717, 1.165) is 121 Å². The summed E-state index contributed by atoms with van der Waals surface area (Å²) in [5, 5.41) is 9.32. The molecule has 0 saturated carbocycles. The summed E-state index contributed by atoms with van der Waals surface area (Å²) < 4.78 is 12.5. The van der Waals surface area contributed by atoms with E-state index >= 15 is 0 Å². The van der Waals surface area contributed by atoms with Gasteiger partial charge < -0.3 is 63.6 Å². The van der Waals surface area contributed by atoms with Gasteiger partial charge in [0.05, 0.1) is 32.2 Å². The summed E-state index contributed by atoms with van der Waals surface area (Å²) in [4.78, 5) is 51.0. The summed E-state index contributed by atoms with van der Waals surface area (Å²) in [6, 6.07) is 16.4. The lowest BCUT2D eigenvalue weighted by Crippen LogP contribution is -3.00. The Labute approximate surface area is 395 Å². The highest BCUT2D eigenvalue weighted by Crippen LogP contribution is 2.25. The van der Waals surface area contributed by atoms with Crippen molar-refractivity contribution in [2.45, 2.75) is 82.3 Å². The zero-order valence-electron chi connectivity index (χ0n) is 36.5. The second kappa shape index (κ2) is 26.2. The van der Waals surface area contributed by atoms with Gasteiger partial charge in [0.25, 0.3) is 17.7 Å². The standard InChI is InChI=1S/C44H63ClN10O5.3ClH/c1-53-21-17-33(18-22-53)48-38(56)29-59-36-13-9-31(10-14-36)6-3-25-55(27-5-8-35(28-55)50-44(58)40-42(46)52-43(47)41(45)51-40)26-4-7-32-11-15-37(16-12-32)60-30-39(57)49-34-19-23-54(2)24-20-34;;;/h9-16,33-35H,3-8,17-30H2,1-2H3,(H6-,46,47,48,49,50,52,56,57,58);3*1H/t35-;;;/m0.../s1. The summed E-state index contributed by atoms with van der Waals surface area (Å²) in [6.45, 7) is 7.65. The highest BCUT2D eigenvalue weighted by molar-refractivity contribution is 6.31. The Kier molecular flexibility index (Phi) is 22.3. The normalized spacial score (nSPS) is 18.1. The lowest BCUT2D eigenvalue weighted by Gasteiger charge is -2.45. The number of amides is 3. The van der Waals surface area contributed by atoms with Crippen LogP contribution in [0.1, 0.15) is 73.0 Å². The van der Waals surface area contributed by atoms with Crippen molar-refractivity contribution < 1.29 is 40.7 Å². The van der Waals surface area contributed by atoms with Crippen molar-refractivity contribution >= 4 is 65.8 Å². The zero-order chi connectivity index (χ0) is 42.5. The molecule has 7 N–H and O–H groups in total. The van der Waals surface area contributed by atoms with E-state index in [9.17, 15) is 14.4 Å². The molecule has 350 valence electrons. The molecule has 15 nitrogen and oxygen atoms in total. The van der Waals surface area contributed by atoms with Crippen molar-refractivity contribution in [1.82, 2.24) is 35.7 Å². The molecule has 1 aromatic heterocycles. The van der Waals surface area contributed by atoms with E-state index in [1.165, 1.54) is 11.1 Å². The summed E-state index contributed by atoms with van der Waals surface area (Å²) in [5.41, 5.74) is 14.2. The first-order valence-electron chi connectivity index (χ1n) is 21.6. The number of quaternary nitrogens is 1. The minimum atomic E-state index is -0.407. The number of aryl methyl sites for hydroxylation is 2. The van der Waals surface area contributed by atoms with Gasteiger partial charge in [-0.15, -0.1) is 24.8 Å². The van der Waals surface area contributed by atoms with Gasteiger partial charge in [-0.05, 0) is 127 Å². The second-order valence-electron chi connectivity index (χ2n) is 17.0. The van der Waals surface area contributed by atoms with Crippen LogP contribution in [0, 0.1) is 0 Å². The zero-order valence-corrected chi connectivity index (χ0v) is 39.6. The number of hydrogen-bond donors (Lipinski definition) is 5. The van der Waals surface area contributed by atoms with Gasteiger partial charge in [-0.25, -0.2) is 9.97 Å². The van der Waals surface area contributed by atoms with Crippen molar-refractivity contribution in [3.05, 3.63) is 70.5 Å². The second-order valence-corrected chi connectivity index (χ2v) is 17.4. The summed E-state index contributed by atoms with van der Waals surface area (Å²) in [5.74, 6) is 0.712. The molecule has 3 aliphatic rings. The quantitative estimate of drug-likeness (QED) is 0.116. The molecule has 3 fully saturated rings. The van der Waals surface area contributed by atoms with Crippen molar-refractivity contribution in [2.24, 2.45) is 0 Å². The smallest absolute Gasteiger partial charge is 0.274 e. The Hall–Kier alpha value is -3.83. The molecule has 6 rings (SSSR count). The van der Waals surface area contributed by atoms with Gasteiger partial charge >= 0.3 is 0 Å². The van der Waals surface area contributed by atoms with Crippen LogP contribution in [0.15, 0.2) is 48.5 Å². The average Bonchev–Trinajstić information content (AvgIpc) is 3.23. The maximum absolute atomic E-state index is 13.4. The highest BCUT2D eigenvalue weighted by atomic mass is 35.5. The number of carbonyl (C=O) groups is 3. The van der Waals surface area contributed by atoms with Crippen molar-refractivity contribution in [3.8, 4) is 11.5 Å². The molecule has 19 heteroatoms. The Morgan fingerprint density at radius 1 is 0.698 bits per heavy atom. The van der Waals surface area contributed by atoms with E-state index in [2.05, 4.69) is 74.1 Å². The number of hydrogen-bond acceptors (Lipinski definition) is 11. The van der Waals surface area contributed by atoms with Crippen LogP contribution in [-0.2, 0) is 22.4 Å². The molecule has 63 heavy (non-hydrogen) atoms. The number of nitrogens with two attached hydrogens (primary N) is 2. The lowest BCUT2D eigenvalue weighted by atomic mass is 9.99. The molecule has 0 unspecified atom stereocenters. The van der Waals surface area contributed by atoms with Gasteiger partial charge in [-0.3, -0.25) is 14.4 Å². The van der Waals surface area contributed by atoms with Gasteiger partial charge in [0.2, 0.25) is 0 Å². The third-order valence-corrected chi connectivity index (χ3v) is 12.5. The van der Waals surface area contributed by atoms with Crippen LogP contribution in [-0.4, -0.2) is 140 Å². The molecule has 3 saturated heterocycles. The lowest BCUT2D eigenvalue weighted by molar-refractivity contribution is -0.933. The number of anilines is 2. The highest BCUT2D eigenvalue weighted by Gasteiger charge is 2.36. The molecule has 0 aliphatic carbocycles. The molecule has 0 spiro atoms. The number of nitrogens with one attached hydrogen (secondary N) is 3. The average molecular weight is 957 g/mol. The maximum atomic E-state index is 13.4. The topological polar surface area (TPSA) is 190 Å². The molecule has 0 radical (unpaired) electrons. The van der Waals surface area contributed by atoms with Crippen LogP contribution in [0.2, 0.25) is 5.15 Å². The van der Waals surface area contributed by atoms with E-state index in [1.54, 1.807) is 0 Å². The van der Waals surface area contributed by atoms with Gasteiger partial charge in [-0.1, -0.05) is 35.9 Å². The number of aromatic nitrogens is 2. The molecule has 0 bridgehead atoms. The van der Waals surface area contributed by atoms with Crippen molar-refractivity contribution in [3.63, 3.8) is 0 Å². The number of ether oxygens (including phenoxy) is 2. The van der Waals surface area contributed by atoms with E-state index in [-0.39, 0.29) is 103 Å². The number of rotatable bonds is 18. The Bertz CT molecular complexity index is 1790. The summed E-state index contributed by atoms with van der Waals surface area (Å²) in [6.07, 6.45) is 9.35. The number of nitrogen functional groups attached to an aromatic ring is 2. The van der Waals surface area contributed by atoms with Gasteiger partial charge in [0, 0.05) is 24.9 Å². The molecule has 4 heterocycles. The molecule has 3 aliphatic heterocycles. The van der Waals surface area contributed by atoms with Crippen LogP contribution in [0.5, 0.6) is 11.5 Å². The van der Waals surface area contributed by atoms with E-state index in [0.29, 0.717) is 11.5 Å². The number of carbonyl (C=O) groups excluding carboxylic acids is 3. The molecular weight excluding hydrogens is 890 g/mol. The van der Waals surface area contributed by atoms with Gasteiger partial charge in [0.1, 0.15) is 11.5 Å². The third-order valence-electron chi connectivity index (χ3n) is 12.2. The molecule has 1 atom stereocenters. The number of likely N-dealkylation sites (tertiary alicyclic amines) is 3. The van der Waals surface area contributed by atoms with Gasteiger partial charge in [-0.2, -0.15) is 0 Å². The molecule has 2 aromatic carbocycles. The molecular formula is C44H66Cl4N10O5. The number of piperidine rings is 3. The Morgan fingerprint density at radius 3 is 1.62 bits per heavy atom. The van der Waals surface area contributed by atoms with E-state index in [1.807, 2.05) is 24.3 Å². The Balaban J connectivity index is 0.00000352. The van der Waals surface area contributed by atoms with Crippen molar-refractivity contribution in [1.29, 1.82) is 0 Å². The van der Waals surface area contributed by atoms with E-state index < -0.39 is 5.91 Å². The third kappa shape index (κ3) is 16.9. The van der Waals surface area contributed by atoms with Crippen LogP contribution in [0.4, 0.5) is 11.6 Å². The van der Waals surface area contributed by atoms with Crippen molar-refractivity contribution in [2.75, 3.05) is 91.1 Å². The minimum Gasteiger partial charge on any atom is -1.00 e. The van der Waals surface area contributed by atoms with Crippen LogP contribution < -0.4 is 49.3 Å². The first-order valence-corrected chi connectivity index (χ1v) is 21.9. The van der Waals surface area contributed by atoms with Crippen LogP contribution in [0.25, 0.3) is 0 Å². The first-order chi connectivity index (χ1) is 28.9. The number of halogens is 4. The fourth-order valence-corrected chi connectivity index (χ4v) is 8.83. The molecule has 3 amide bonds.